The topological polar surface area (TPSA) is 58.0 Å². The number of benzene rings is 2. The first-order valence-electron chi connectivity index (χ1n) is 6.41. The molecule has 0 unspecified atom stereocenters. The van der Waals surface area contributed by atoms with Gasteiger partial charge in [-0.25, -0.2) is 9.97 Å². The summed E-state index contributed by atoms with van der Waals surface area (Å²) in [6.45, 7) is 4.02. The Morgan fingerprint density at radius 1 is 1.00 bits per heavy atom. The number of hydrogen-bond acceptors (Lipinski definition) is 4. The Bertz CT molecular complexity index is 784. The number of hydrogen-bond donors (Lipinski definition) is 2. The van der Waals surface area contributed by atoms with E-state index < -0.39 is 0 Å². The van der Waals surface area contributed by atoms with Crippen molar-refractivity contribution in [3.8, 4) is 5.75 Å². The fraction of sp³-hybridized carbons (Fsp3) is 0.125. The van der Waals surface area contributed by atoms with Crippen LogP contribution in [-0.2, 0) is 0 Å². The van der Waals surface area contributed by atoms with Crippen molar-refractivity contribution in [2.75, 3.05) is 5.32 Å². The average molecular weight is 265 g/mol. The van der Waals surface area contributed by atoms with Gasteiger partial charge in [0.1, 0.15) is 17.9 Å². The molecule has 0 aliphatic carbocycles. The number of fused-ring (bicyclic) bond motifs is 1. The van der Waals surface area contributed by atoms with Crippen molar-refractivity contribution in [3.63, 3.8) is 0 Å². The molecular weight excluding hydrogens is 250 g/mol. The smallest absolute Gasteiger partial charge is 0.141 e. The van der Waals surface area contributed by atoms with Gasteiger partial charge in [0.2, 0.25) is 0 Å². The Labute approximate surface area is 117 Å². The van der Waals surface area contributed by atoms with Crippen molar-refractivity contribution in [2.24, 2.45) is 0 Å². The summed E-state index contributed by atoms with van der Waals surface area (Å²) in [6, 6.07) is 11.3. The van der Waals surface area contributed by atoms with Gasteiger partial charge in [-0.3, -0.25) is 0 Å². The molecule has 20 heavy (non-hydrogen) atoms. The molecule has 0 bridgehead atoms. The summed E-state index contributed by atoms with van der Waals surface area (Å²) in [6.07, 6.45) is 1.54. The van der Waals surface area contributed by atoms with Crippen LogP contribution in [0.5, 0.6) is 5.75 Å². The lowest BCUT2D eigenvalue weighted by molar-refractivity contribution is 0.475. The highest BCUT2D eigenvalue weighted by atomic mass is 16.3. The predicted octanol–water partition coefficient (Wildman–Crippen LogP) is 3.70. The van der Waals surface area contributed by atoms with Gasteiger partial charge < -0.3 is 10.4 Å². The van der Waals surface area contributed by atoms with Crippen LogP contribution in [0.4, 0.5) is 11.5 Å². The molecule has 1 aromatic heterocycles. The standard InChI is InChI=1S/C16H15N3O/c1-10-3-6-14-13(7-10)16(18-9-17-14)19-15-8-12(20)5-4-11(15)2/h3-9,20H,1-2H3,(H,17,18,19). The maximum Gasteiger partial charge on any atom is 0.141 e. The number of phenolic OH excluding ortho intramolecular Hbond substituents is 1. The van der Waals surface area contributed by atoms with E-state index in [0.717, 1.165) is 33.5 Å². The van der Waals surface area contributed by atoms with Crippen LogP contribution < -0.4 is 5.32 Å². The number of anilines is 2. The van der Waals surface area contributed by atoms with Crippen molar-refractivity contribution in [1.29, 1.82) is 0 Å². The fourth-order valence-electron chi connectivity index (χ4n) is 2.14. The van der Waals surface area contributed by atoms with E-state index >= 15 is 0 Å². The molecule has 2 N–H and O–H groups in total. The van der Waals surface area contributed by atoms with Crippen LogP contribution in [0.25, 0.3) is 10.9 Å². The van der Waals surface area contributed by atoms with Crippen LogP contribution in [0.1, 0.15) is 11.1 Å². The van der Waals surface area contributed by atoms with Gasteiger partial charge >= 0.3 is 0 Å². The minimum absolute atomic E-state index is 0.229. The van der Waals surface area contributed by atoms with E-state index in [2.05, 4.69) is 21.4 Å². The van der Waals surface area contributed by atoms with Crippen LogP contribution in [-0.4, -0.2) is 15.1 Å². The monoisotopic (exact) mass is 265 g/mol. The summed E-state index contributed by atoms with van der Waals surface area (Å²) >= 11 is 0. The zero-order chi connectivity index (χ0) is 14.1. The number of nitrogens with one attached hydrogen (secondary N) is 1. The second-order valence-electron chi connectivity index (χ2n) is 4.87. The minimum atomic E-state index is 0.229. The highest BCUT2D eigenvalue weighted by molar-refractivity contribution is 5.91. The third kappa shape index (κ3) is 2.28. The molecule has 0 aliphatic heterocycles. The van der Waals surface area contributed by atoms with E-state index in [1.807, 2.05) is 32.0 Å². The fourth-order valence-corrected chi connectivity index (χ4v) is 2.14. The zero-order valence-electron chi connectivity index (χ0n) is 11.4. The van der Waals surface area contributed by atoms with Crippen LogP contribution in [0.15, 0.2) is 42.7 Å². The van der Waals surface area contributed by atoms with Crippen molar-refractivity contribution in [3.05, 3.63) is 53.9 Å². The largest absolute Gasteiger partial charge is 0.508 e. The molecule has 0 aliphatic rings. The quantitative estimate of drug-likeness (QED) is 0.741. The van der Waals surface area contributed by atoms with Crippen molar-refractivity contribution in [1.82, 2.24) is 9.97 Å². The third-order valence-corrected chi connectivity index (χ3v) is 3.27. The van der Waals surface area contributed by atoms with Crippen molar-refractivity contribution in [2.45, 2.75) is 13.8 Å². The summed E-state index contributed by atoms with van der Waals surface area (Å²) in [5.41, 5.74) is 3.93. The molecule has 0 saturated carbocycles. The predicted molar refractivity (Wildman–Crippen MR) is 80.4 cm³/mol. The lowest BCUT2D eigenvalue weighted by Gasteiger charge is -2.11. The summed E-state index contributed by atoms with van der Waals surface area (Å²) < 4.78 is 0. The van der Waals surface area contributed by atoms with Crippen LogP contribution >= 0.6 is 0 Å². The average Bonchev–Trinajstić information content (AvgIpc) is 2.43. The van der Waals surface area contributed by atoms with Gasteiger partial charge in [-0.1, -0.05) is 17.7 Å². The maximum absolute atomic E-state index is 9.60. The SMILES string of the molecule is Cc1ccc2ncnc(Nc3cc(O)ccc3C)c2c1. The van der Waals surface area contributed by atoms with Gasteiger partial charge in [-0.05, 0) is 37.6 Å². The van der Waals surface area contributed by atoms with Gasteiger partial charge in [-0.2, -0.15) is 0 Å². The van der Waals surface area contributed by atoms with Crippen LogP contribution in [0.3, 0.4) is 0 Å². The Morgan fingerprint density at radius 2 is 1.85 bits per heavy atom. The second kappa shape index (κ2) is 4.81. The molecule has 0 saturated heterocycles. The van der Waals surface area contributed by atoms with E-state index in [-0.39, 0.29) is 5.75 Å². The molecule has 0 spiro atoms. The molecule has 100 valence electrons. The van der Waals surface area contributed by atoms with Gasteiger partial charge in [0.25, 0.3) is 0 Å². The molecule has 1 heterocycles. The molecular formula is C16H15N3O. The van der Waals surface area contributed by atoms with Gasteiger partial charge in [0.05, 0.1) is 5.52 Å². The highest BCUT2D eigenvalue weighted by Crippen LogP contribution is 2.27. The minimum Gasteiger partial charge on any atom is -0.508 e. The molecule has 4 nitrogen and oxygen atoms in total. The van der Waals surface area contributed by atoms with E-state index in [1.54, 1.807) is 12.1 Å². The first kappa shape index (κ1) is 12.4. The molecule has 3 rings (SSSR count). The molecule has 0 atom stereocenters. The molecule has 0 amide bonds. The van der Waals surface area contributed by atoms with Crippen LogP contribution in [0.2, 0.25) is 0 Å². The molecule has 3 aromatic rings. The van der Waals surface area contributed by atoms with E-state index in [1.165, 1.54) is 6.33 Å². The Balaban J connectivity index is 2.10. The Kier molecular flexibility index (Phi) is 2.99. The number of aromatic nitrogens is 2. The lowest BCUT2D eigenvalue weighted by Crippen LogP contribution is -1.97. The summed E-state index contributed by atoms with van der Waals surface area (Å²) in [4.78, 5) is 8.57. The number of phenols is 1. The number of aromatic hydroxyl groups is 1. The third-order valence-electron chi connectivity index (χ3n) is 3.27. The molecule has 0 radical (unpaired) electrons. The number of aryl methyl sites for hydroxylation is 2. The number of nitrogens with zero attached hydrogens (tertiary/aromatic N) is 2. The normalized spacial score (nSPS) is 10.7. The van der Waals surface area contributed by atoms with E-state index in [4.69, 9.17) is 0 Å². The summed E-state index contributed by atoms with van der Waals surface area (Å²) in [5.74, 6) is 0.972. The van der Waals surface area contributed by atoms with Crippen molar-refractivity contribution < 1.29 is 5.11 Å². The molecule has 0 fully saturated rings. The Hall–Kier alpha value is -2.62. The van der Waals surface area contributed by atoms with Gasteiger partial charge in [0, 0.05) is 17.1 Å². The van der Waals surface area contributed by atoms with Crippen LogP contribution in [0, 0.1) is 13.8 Å². The van der Waals surface area contributed by atoms with Crippen molar-refractivity contribution >= 4 is 22.4 Å². The van der Waals surface area contributed by atoms with E-state index in [9.17, 15) is 5.11 Å². The first-order valence-corrected chi connectivity index (χ1v) is 6.41. The summed E-state index contributed by atoms with van der Waals surface area (Å²) in [7, 11) is 0. The number of rotatable bonds is 2. The molecule has 4 heteroatoms. The Morgan fingerprint density at radius 3 is 2.70 bits per heavy atom. The summed E-state index contributed by atoms with van der Waals surface area (Å²) in [5, 5.41) is 13.8. The first-order chi connectivity index (χ1) is 9.63. The van der Waals surface area contributed by atoms with Gasteiger partial charge in [-0.15, -0.1) is 0 Å². The highest BCUT2D eigenvalue weighted by Gasteiger charge is 2.06. The lowest BCUT2D eigenvalue weighted by atomic mass is 10.1. The molecule has 2 aromatic carbocycles. The van der Waals surface area contributed by atoms with Gasteiger partial charge in [0.15, 0.2) is 0 Å². The van der Waals surface area contributed by atoms with E-state index in [0.29, 0.717) is 0 Å². The zero-order valence-corrected chi connectivity index (χ0v) is 11.4. The second-order valence-corrected chi connectivity index (χ2v) is 4.87. The maximum atomic E-state index is 9.60.